The van der Waals surface area contributed by atoms with E-state index in [1.54, 1.807) is 43.6 Å². The zero-order chi connectivity index (χ0) is 18.0. The summed E-state index contributed by atoms with van der Waals surface area (Å²) < 4.78 is 26.7. The van der Waals surface area contributed by atoms with Crippen LogP contribution in [0.2, 0.25) is 0 Å². The highest BCUT2D eigenvalue weighted by molar-refractivity contribution is 7.84. The number of benzene rings is 1. The van der Waals surface area contributed by atoms with Crippen molar-refractivity contribution in [3.8, 4) is 22.5 Å². The fourth-order valence-corrected chi connectivity index (χ4v) is 2.92. The highest BCUT2D eigenvalue weighted by Gasteiger charge is 2.26. The molecule has 25 heavy (non-hydrogen) atoms. The Morgan fingerprint density at radius 1 is 1.04 bits per heavy atom. The number of hydrogen-bond acceptors (Lipinski definition) is 5. The first-order chi connectivity index (χ1) is 11.9. The van der Waals surface area contributed by atoms with E-state index in [0.717, 1.165) is 5.56 Å². The Morgan fingerprint density at radius 3 is 2.24 bits per heavy atom. The average molecular weight is 357 g/mol. The number of pyridine rings is 1. The molecule has 1 aromatic carbocycles. The highest BCUT2D eigenvalue weighted by Crippen LogP contribution is 2.33. The second-order valence-electron chi connectivity index (χ2n) is 5.34. The summed E-state index contributed by atoms with van der Waals surface area (Å²) in [5.41, 5.74) is 3.32. The number of nitrogens with zero attached hydrogens (tertiary/aromatic N) is 1. The normalized spacial score (nSPS) is 11.3. The third-order valence-corrected chi connectivity index (χ3v) is 4.06. The van der Waals surface area contributed by atoms with E-state index in [1.807, 2.05) is 18.2 Å². The maximum atomic E-state index is 12.4. The molecule has 3 rings (SSSR count). The topological polar surface area (TPSA) is 115 Å². The van der Waals surface area contributed by atoms with Crippen molar-refractivity contribution in [3.05, 3.63) is 66.0 Å². The Morgan fingerprint density at radius 2 is 1.64 bits per heavy atom. The van der Waals surface area contributed by atoms with Gasteiger partial charge < -0.3 is 9.17 Å². The molecule has 3 aromatic rings. The van der Waals surface area contributed by atoms with Gasteiger partial charge in [-0.1, -0.05) is 30.3 Å². The van der Waals surface area contributed by atoms with E-state index < -0.39 is 16.3 Å². The molecule has 0 saturated heterocycles. The van der Waals surface area contributed by atoms with Crippen LogP contribution in [0.5, 0.6) is 0 Å². The minimum atomic E-state index is -4.42. The van der Waals surface area contributed by atoms with Crippen LogP contribution in [0.15, 0.2) is 54.9 Å². The van der Waals surface area contributed by atoms with Crippen LogP contribution in [0.4, 0.5) is 0 Å². The molecule has 0 bridgehead atoms. The minimum Gasteiger partial charge on any atom is -0.354 e. The Bertz CT molecular complexity index is 1010. The van der Waals surface area contributed by atoms with Gasteiger partial charge in [0, 0.05) is 23.7 Å². The SMILES string of the molecule is Cc1c(-c2ccncc2)[nH]c(-c2ccccc2)c1C(=O)OS(N)(=O)=O. The molecule has 0 radical (unpaired) electrons. The molecule has 0 saturated carbocycles. The number of carbonyl (C=O) groups excluding carboxylic acids is 1. The lowest BCUT2D eigenvalue weighted by atomic mass is 10.0. The Balaban J connectivity index is 2.21. The van der Waals surface area contributed by atoms with Gasteiger partial charge in [-0.3, -0.25) is 4.98 Å². The molecule has 3 N–H and O–H groups in total. The van der Waals surface area contributed by atoms with Gasteiger partial charge in [0.1, 0.15) is 0 Å². The third kappa shape index (κ3) is 3.59. The highest BCUT2D eigenvalue weighted by atomic mass is 32.2. The van der Waals surface area contributed by atoms with Gasteiger partial charge in [-0.2, -0.15) is 13.6 Å². The van der Waals surface area contributed by atoms with Gasteiger partial charge in [0.05, 0.1) is 11.3 Å². The predicted molar refractivity (Wildman–Crippen MR) is 92.7 cm³/mol. The zero-order valence-corrected chi connectivity index (χ0v) is 14.1. The fourth-order valence-electron chi connectivity index (χ4n) is 2.62. The van der Waals surface area contributed by atoms with Crippen LogP contribution in [0.3, 0.4) is 0 Å². The first-order valence-corrected chi connectivity index (χ1v) is 8.79. The van der Waals surface area contributed by atoms with Crippen molar-refractivity contribution in [3.63, 3.8) is 0 Å². The summed E-state index contributed by atoms with van der Waals surface area (Å²) in [7, 11) is -4.42. The summed E-state index contributed by atoms with van der Waals surface area (Å²) in [6.45, 7) is 1.71. The predicted octanol–water partition coefficient (Wildman–Crippen LogP) is 2.41. The van der Waals surface area contributed by atoms with Crippen LogP contribution < -0.4 is 5.14 Å². The molecule has 0 spiro atoms. The van der Waals surface area contributed by atoms with E-state index in [9.17, 15) is 13.2 Å². The van der Waals surface area contributed by atoms with Gasteiger partial charge >= 0.3 is 16.3 Å². The van der Waals surface area contributed by atoms with E-state index in [2.05, 4.69) is 14.2 Å². The molecule has 0 unspecified atom stereocenters. The van der Waals surface area contributed by atoms with Crippen LogP contribution in [0.25, 0.3) is 22.5 Å². The van der Waals surface area contributed by atoms with Crippen molar-refractivity contribution in [2.75, 3.05) is 0 Å². The van der Waals surface area contributed by atoms with Gasteiger partial charge in [0.2, 0.25) is 0 Å². The van der Waals surface area contributed by atoms with Crippen LogP contribution >= 0.6 is 0 Å². The Hall–Kier alpha value is -2.97. The number of nitrogens with one attached hydrogen (secondary N) is 1. The van der Waals surface area contributed by atoms with Crippen LogP contribution in [-0.2, 0) is 14.5 Å². The standard InChI is InChI=1S/C17H15N3O4S/c1-11-14(17(21)24-25(18,22)23)16(12-5-3-2-4-6-12)20-15(11)13-7-9-19-10-8-13/h2-10,20H,1H3,(H2,18,22,23). The molecule has 2 aromatic heterocycles. The number of nitrogens with two attached hydrogens (primary N) is 1. The molecule has 8 heteroatoms. The number of aromatic nitrogens is 2. The summed E-state index contributed by atoms with van der Waals surface area (Å²) in [6.07, 6.45) is 3.25. The molecular formula is C17H15N3O4S. The Labute approximate surface area is 144 Å². The minimum absolute atomic E-state index is 0.118. The first kappa shape index (κ1) is 16.9. The van der Waals surface area contributed by atoms with Crippen molar-refractivity contribution < 1.29 is 17.4 Å². The number of hydrogen-bond donors (Lipinski definition) is 2. The quantitative estimate of drug-likeness (QED) is 0.744. The average Bonchev–Trinajstić information content (AvgIpc) is 2.92. The summed E-state index contributed by atoms with van der Waals surface area (Å²) in [5, 5.41) is 4.84. The molecule has 128 valence electrons. The Kier molecular flexibility index (Phi) is 4.39. The number of aromatic amines is 1. The van der Waals surface area contributed by atoms with Gasteiger partial charge in [-0.15, -0.1) is 0 Å². The van der Waals surface area contributed by atoms with Crippen molar-refractivity contribution in [2.24, 2.45) is 5.14 Å². The summed E-state index contributed by atoms with van der Waals surface area (Å²) in [4.78, 5) is 19.6. The monoisotopic (exact) mass is 357 g/mol. The van der Waals surface area contributed by atoms with Crippen LogP contribution in [0.1, 0.15) is 15.9 Å². The second kappa shape index (κ2) is 6.50. The molecule has 0 aliphatic heterocycles. The van der Waals surface area contributed by atoms with Crippen molar-refractivity contribution in [1.82, 2.24) is 9.97 Å². The molecule has 2 heterocycles. The van der Waals surface area contributed by atoms with E-state index in [0.29, 0.717) is 22.5 Å². The molecule has 0 atom stereocenters. The second-order valence-corrected chi connectivity index (χ2v) is 6.49. The number of rotatable bonds is 4. The van der Waals surface area contributed by atoms with E-state index in [-0.39, 0.29) is 5.56 Å². The fraction of sp³-hybridized carbons (Fsp3) is 0.0588. The molecule has 0 aliphatic carbocycles. The van der Waals surface area contributed by atoms with Gasteiger partial charge in [-0.25, -0.2) is 4.79 Å². The van der Waals surface area contributed by atoms with Crippen molar-refractivity contribution in [2.45, 2.75) is 6.92 Å². The maximum absolute atomic E-state index is 12.4. The third-order valence-electron chi connectivity index (χ3n) is 3.68. The lowest BCUT2D eigenvalue weighted by Crippen LogP contribution is -2.21. The molecule has 7 nitrogen and oxygen atoms in total. The van der Waals surface area contributed by atoms with Crippen molar-refractivity contribution >= 4 is 16.3 Å². The molecule has 0 aliphatic rings. The number of carbonyl (C=O) groups is 1. The zero-order valence-electron chi connectivity index (χ0n) is 13.3. The maximum Gasteiger partial charge on any atom is 0.382 e. The van der Waals surface area contributed by atoms with E-state index in [4.69, 9.17) is 5.14 Å². The summed E-state index contributed by atoms with van der Waals surface area (Å²) in [6, 6.07) is 12.6. The van der Waals surface area contributed by atoms with Crippen molar-refractivity contribution in [1.29, 1.82) is 0 Å². The van der Waals surface area contributed by atoms with E-state index in [1.165, 1.54) is 0 Å². The lowest BCUT2D eigenvalue weighted by Gasteiger charge is -2.05. The van der Waals surface area contributed by atoms with Crippen LogP contribution in [-0.4, -0.2) is 24.4 Å². The molecule has 0 fully saturated rings. The first-order valence-electron chi connectivity index (χ1n) is 7.32. The summed E-state index contributed by atoms with van der Waals surface area (Å²) >= 11 is 0. The van der Waals surface area contributed by atoms with Gasteiger partial charge in [0.15, 0.2) is 0 Å². The largest absolute Gasteiger partial charge is 0.382 e. The smallest absolute Gasteiger partial charge is 0.354 e. The number of H-pyrrole nitrogens is 1. The molecular weight excluding hydrogens is 342 g/mol. The summed E-state index contributed by atoms with van der Waals surface area (Å²) in [5.74, 6) is -1.03. The van der Waals surface area contributed by atoms with Gasteiger partial charge in [-0.05, 0) is 30.2 Å². The lowest BCUT2D eigenvalue weighted by molar-refractivity contribution is 0.0747. The molecule has 0 amide bonds. The van der Waals surface area contributed by atoms with Crippen LogP contribution in [0, 0.1) is 6.92 Å². The van der Waals surface area contributed by atoms with E-state index >= 15 is 0 Å². The van der Waals surface area contributed by atoms with Gasteiger partial charge in [0.25, 0.3) is 0 Å².